The molecule has 4 heteroatoms. The number of rotatable bonds is 8. The number of anilines is 1. The van der Waals surface area contributed by atoms with Crippen molar-refractivity contribution in [3.8, 4) is 0 Å². The van der Waals surface area contributed by atoms with E-state index in [0.717, 1.165) is 30.6 Å². The molecule has 1 N–H and O–H groups in total. The van der Waals surface area contributed by atoms with Gasteiger partial charge in [-0.1, -0.05) is 41.0 Å². The topological polar surface area (TPSA) is 28.2 Å². The van der Waals surface area contributed by atoms with E-state index in [1.54, 1.807) is 0 Å². The molecular weight excluding hydrogens is 254 g/mol. The van der Waals surface area contributed by atoms with Gasteiger partial charge >= 0.3 is 0 Å². The quantitative estimate of drug-likeness (QED) is 0.789. The second-order valence-corrected chi connectivity index (χ2v) is 6.71. The molecule has 1 unspecified atom stereocenters. The largest absolute Gasteiger partial charge is 0.351 e. The highest BCUT2D eigenvalue weighted by Crippen LogP contribution is 2.27. The molecule has 0 aromatic carbocycles. The summed E-state index contributed by atoms with van der Waals surface area (Å²) in [6.07, 6.45) is 2.24. The average Bonchev–Trinajstić information content (AvgIpc) is 2.79. The molecule has 1 atom stereocenters. The van der Waals surface area contributed by atoms with E-state index in [-0.39, 0.29) is 0 Å². The highest BCUT2D eigenvalue weighted by Gasteiger charge is 2.14. The molecule has 0 aliphatic heterocycles. The fraction of sp³-hybridized carbons (Fsp3) is 0.800. The maximum Gasteiger partial charge on any atom is 0.185 e. The highest BCUT2D eigenvalue weighted by atomic mass is 32.1. The van der Waals surface area contributed by atoms with Crippen LogP contribution < -0.4 is 10.2 Å². The van der Waals surface area contributed by atoms with E-state index in [4.69, 9.17) is 4.98 Å². The number of hydrogen-bond acceptors (Lipinski definition) is 4. The molecule has 0 radical (unpaired) electrons. The van der Waals surface area contributed by atoms with Crippen LogP contribution >= 0.6 is 11.3 Å². The summed E-state index contributed by atoms with van der Waals surface area (Å²) in [6.45, 7) is 13.1. The monoisotopic (exact) mass is 283 g/mol. The summed E-state index contributed by atoms with van der Waals surface area (Å²) in [5.41, 5.74) is 1.25. The molecule has 0 bridgehead atoms. The smallest absolute Gasteiger partial charge is 0.185 e. The number of hydrogen-bond donors (Lipinski definition) is 1. The lowest BCUT2D eigenvalue weighted by Gasteiger charge is -2.19. The molecular formula is C15H29N3S. The Morgan fingerprint density at radius 3 is 2.47 bits per heavy atom. The van der Waals surface area contributed by atoms with Crippen molar-refractivity contribution in [1.82, 2.24) is 10.3 Å². The van der Waals surface area contributed by atoms with E-state index in [1.807, 2.05) is 11.3 Å². The lowest BCUT2D eigenvalue weighted by molar-refractivity contribution is 0.559. The average molecular weight is 283 g/mol. The number of nitrogens with zero attached hydrogens (tertiary/aromatic N) is 2. The Balaban J connectivity index is 2.74. The van der Waals surface area contributed by atoms with Gasteiger partial charge in [-0.2, -0.15) is 0 Å². The number of aryl methyl sites for hydroxylation is 1. The molecule has 0 spiro atoms. The zero-order chi connectivity index (χ0) is 14.4. The molecule has 110 valence electrons. The van der Waals surface area contributed by atoms with Crippen LogP contribution in [0.15, 0.2) is 0 Å². The van der Waals surface area contributed by atoms with Crippen molar-refractivity contribution >= 4 is 16.5 Å². The van der Waals surface area contributed by atoms with Crippen molar-refractivity contribution in [3.05, 3.63) is 10.6 Å². The summed E-state index contributed by atoms with van der Waals surface area (Å²) in [5.74, 6) is 0.719. The number of nitrogens with one attached hydrogen (secondary N) is 1. The normalized spacial score (nSPS) is 13.0. The number of aromatic nitrogens is 1. The summed E-state index contributed by atoms with van der Waals surface area (Å²) >= 11 is 1.84. The third-order valence-electron chi connectivity index (χ3n) is 3.38. The molecule has 0 aliphatic carbocycles. The second kappa shape index (κ2) is 7.85. The molecule has 1 aromatic heterocycles. The van der Waals surface area contributed by atoms with Gasteiger partial charge in [0.1, 0.15) is 0 Å². The van der Waals surface area contributed by atoms with Gasteiger partial charge < -0.3 is 10.2 Å². The first kappa shape index (κ1) is 16.4. The molecule has 0 amide bonds. The maximum absolute atomic E-state index is 4.80. The van der Waals surface area contributed by atoms with Gasteiger partial charge in [-0.15, -0.1) is 11.3 Å². The molecule has 0 aliphatic rings. The van der Waals surface area contributed by atoms with Crippen LogP contribution in [-0.4, -0.2) is 24.6 Å². The summed E-state index contributed by atoms with van der Waals surface area (Å²) < 4.78 is 0. The van der Waals surface area contributed by atoms with Crippen LogP contribution in [0, 0.1) is 5.92 Å². The SMILES string of the molecule is CCc1nc(N(C)CC(C)CC)sc1CNC(C)C. The third kappa shape index (κ3) is 5.11. The van der Waals surface area contributed by atoms with Gasteiger partial charge in [-0.05, 0) is 12.3 Å². The van der Waals surface area contributed by atoms with Crippen molar-refractivity contribution in [2.75, 3.05) is 18.5 Å². The van der Waals surface area contributed by atoms with Crippen LogP contribution in [0.1, 0.15) is 51.6 Å². The van der Waals surface area contributed by atoms with Crippen LogP contribution in [-0.2, 0) is 13.0 Å². The lowest BCUT2D eigenvalue weighted by atomic mass is 10.1. The van der Waals surface area contributed by atoms with Gasteiger partial charge in [0.05, 0.1) is 5.69 Å². The Morgan fingerprint density at radius 1 is 1.26 bits per heavy atom. The van der Waals surface area contributed by atoms with Crippen LogP contribution in [0.5, 0.6) is 0 Å². The lowest BCUT2D eigenvalue weighted by Crippen LogP contribution is -2.23. The van der Waals surface area contributed by atoms with E-state index in [1.165, 1.54) is 17.0 Å². The van der Waals surface area contributed by atoms with Crippen LogP contribution in [0.25, 0.3) is 0 Å². The van der Waals surface area contributed by atoms with E-state index in [9.17, 15) is 0 Å². The third-order valence-corrected chi connectivity index (χ3v) is 4.59. The summed E-state index contributed by atoms with van der Waals surface area (Å²) in [6, 6.07) is 0.521. The molecule has 0 fully saturated rings. The Kier molecular flexibility index (Phi) is 6.80. The van der Waals surface area contributed by atoms with Gasteiger partial charge in [0, 0.05) is 31.1 Å². The summed E-state index contributed by atoms with van der Waals surface area (Å²) in [5, 5.41) is 4.66. The minimum atomic E-state index is 0.521. The number of thiazole rings is 1. The first-order chi connectivity index (χ1) is 8.97. The van der Waals surface area contributed by atoms with Crippen molar-refractivity contribution in [2.24, 2.45) is 5.92 Å². The fourth-order valence-corrected chi connectivity index (χ4v) is 2.99. The van der Waals surface area contributed by atoms with Gasteiger partial charge in [0.15, 0.2) is 5.13 Å². The Morgan fingerprint density at radius 2 is 1.95 bits per heavy atom. The standard InChI is InChI=1S/C15H29N3S/c1-7-12(5)10-18(6)15-17-13(8-2)14(19-15)9-16-11(3)4/h11-12,16H,7-10H2,1-6H3. The molecule has 0 saturated carbocycles. The highest BCUT2D eigenvalue weighted by molar-refractivity contribution is 7.15. The van der Waals surface area contributed by atoms with Crippen molar-refractivity contribution in [3.63, 3.8) is 0 Å². The Bertz CT molecular complexity index is 373. The van der Waals surface area contributed by atoms with Gasteiger partial charge in [0.25, 0.3) is 0 Å². The molecule has 0 saturated heterocycles. The van der Waals surface area contributed by atoms with Crippen LogP contribution in [0.3, 0.4) is 0 Å². The predicted molar refractivity (Wildman–Crippen MR) is 86.2 cm³/mol. The van der Waals surface area contributed by atoms with E-state index >= 15 is 0 Å². The first-order valence-corrected chi connectivity index (χ1v) is 8.22. The van der Waals surface area contributed by atoms with E-state index in [2.05, 4.69) is 51.9 Å². The fourth-order valence-electron chi connectivity index (χ4n) is 1.92. The Hall–Kier alpha value is -0.610. The second-order valence-electron chi connectivity index (χ2n) is 5.65. The maximum atomic E-state index is 4.80. The Labute approximate surface area is 122 Å². The van der Waals surface area contributed by atoms with E-state index < -0.39 is 0 Å². The zero-order valence-corrected chi connectivity index (χ0v) is 14.1. The van der Waals surface area contributed by atoms with Crippen LogP contribution in [0.2, 0.25) is 0 Å². The predicted octanol–water partition coefficient (Wildman–Crippen LogP) is 3.69. The van der Waals surface area contributed by atoms with Crippen molar-refractivity contribution in [1.29, 1.82) is 0 Å². The molecule has 3 nitrogen and oxygen atoms in total. The van der Waals surface area contributed by atoms with E-state index in [0.29, 0.717) is 6.04 Å². The minimum Gasteiger partial charge on any atom is -0.351 e. The minimum absolute atomic E-state index is 0.521. The molecule has 1 rings (SSSR count). The van der Waals surface area contributed by atoms with Crippen molar-refractivity contribution < 1.29 is 0 Å². The zero-order valence-electron chi connectivity index (χ0n) is 13.3. The molecule has 1 heterocycles. The first-order valence-electron chi connectivity index (χ1n) is 7.40. The molecule has 19 heavy (non-hydrogen) atoms. The van der Waals surface area contributed by atoms with Gasteiger partial charge in [0.2, 0.25) is 0 Å². The van der Waals surface area contributed by atoms with Gasteiger partial charge in [-0.25, -0.2) is 4.98 Å². The molecule has 1 aromatic rings. The summed E-state index contributed by atoms with van der Waals surface area (Å²) in [7, 11) is 2.16. The van der Waals surface area contributed by atoms with Crippen molar-refractivity contribution in [2.45, 2.75) is 60.0 Å². The van der Waals surface area contributed by atoms with Crippen LogP contribution in [0.4, 0.5) is 5.13 Å². The summed E-state index contributed by atoms with van der Waals surface area (Å²) in [4.78, 5) is 8.49. The van der Waals surface area contributed by atoms with Gasteiger partial charge in [-0.3, -0.25) is 0 Å².